The first-order valence-corrected chi connectivity index (χ1v) is 4.78. The molecule has 0 unspecified atom stereocenters. The normalized spacial score (nSPS) is 28.7. The van der Waals surface area contributed by atoms with Gasteiger partial charge in [0, 0.05) is 12.6 Å². The average Bonchev–Trinajstić information content (AvgIpc) is 2.20. The second kappa shape index (κ2) is 3.90. The Bertz CT molecular complexity index is 260. The molecule has 13 heavy (non-hydrogen) atoms. The first-order chi connectivity index (χ1) is 6.38. The number of benzene rings is 1. The van der Waals surface area contributed by atoms with Gasteiger partial charge in [0.25, 0.3) is 0 Å². The van der Waals surface area contributed by atoms with Gasteiger partial charge in [0.15, 0.2) is 0 Å². The van der Waals surface area contributed by atoms with E-state index in [2.05, 4.69) is 36.5 Å². The SMILES string of the molecule is C[C@H]1NCCO[C@@H]1c1ccccc1. The van der Waals surface area contributed by atoms with Gasteiger partial charge in [-0.15, -0.1) is 0 Å². The lowest BCUT2D eigenvalue weighted by Crippen LogP contribution is -2.41. The zero-order valence-electron chi connectivity index (χ0n) is 7.86. The van der Waals surface area contributed by atoms with Crippen molar-refractivity contribution in [1.82, 2.24) is 5.32 Å². The number of morpholine rings is 1. The Labute approximate surface area is 78.9 Å². The minimum absolute atomic E-state index is 0.218. The first kappa shape index (κ1) is 8.73. The summed E-state index contributed by atoms with van der Waals surface area (Å²) in [7, 11) is 0. The Morgan fingerprint density at radius 2 is 2.08 bits per heavy atom. The third-order valence-corrected chi connectivity index (χ3v) is 2.45. The zero-order chi connectivity index (χ0) is 9.10. The number of hydrogen-bond acceptors (Lipinski definition) is 2. The summed E-state index contributed by atoms with van der Waals surface area (Å²) >= 11 is 0. The van der Waals surface area contributed by atoms with Crippen molar-refractivity contribution in [2.45, 2.75) is 19.1 Å². The molecule has 2 rings (SSSR count). The third-order valence-electron chi connectivity index (χ3n) is 2.45. The Morgan fingerprint density at radius 1 is 1.31 bits per heavy atom. The van der Waals surface area contributed by atoms with Crippen LogP contribution in [0.3, 0.4) is 0 Å². The number of ether oxygens (including phenoxy) is 1. The summed E-state index contributed by atoms with van der Waals surface area (Å²) in [5.74, 6) is 0. The number of nitrogens with one attached hydrogen (secondary N) is 1. The van der Waals surface area contributed by atoms with Gasteiger partial charge in [-0.05, 0) is 12.5 Å². The summed E-state index contributed by atoms with van der Waals surface area (Å²) < 4.78 is 5.71. The molecule has 1 heterocycles. The van der Waals surface area contributed by atoms with Crippen LogP contribution in [-0.2, 0) is 4.74 Å². The van der Waals surface area contributed by atoms with Gasteiger partial charge in [-0.3, -0.25) is 0 Å². The summed E-state index contributed by atoms with van der Waals surface area (Å²) in [4.78, 5) is 0. The van der Waals surface area contributed by atoms with Crippen molar-refractivity contribution in [3.63, 3.8) is 0 Å². The average molecular weight is 177 g/mol. The lowest BCUT2D eigenvalue weighted by Gasteiger charge is -2.30. The Kier molecular flexibility index (Phi) is 2.62. The highest BCUT2D eigenvalue weighted by molar-refractivity contribution is 5.19. The van der Waals surface area contributed by atoms with Gasteiger partial charge < -0.3 is 10.1 Å². The van der Waals surface area contributed by atoms with E-state index in [-0.39, 0.29) is 6.10 Å². The van der Waals surface area contributed by atoms with Crippen LogP contribution in [0.15, 0.2) is 30.3 Å². The van der Waals surface area contributed by atoms with E-state index in [0.717, 1.165) is 13.2 Å². The highest BCUT2D eigenvalue weighted by Crippen LogP contribution is 2.22. The molecule has 0 spiro atoms. The molecular formula is C11H15NO. The van der Waals surface area contributed by atoms with Crippen LogP contribution in [0.5, 0.6) is 0 Å². The van der Waals surface area contributed by atoms with Crippen LogP contribution in [0.1, 0.15) is 18.6 Å². The van der Waals surface area contributed by atoms with Crippen molar-refractivity contribution in [3.05, 3.63) is 35.9 Å². The fourth-order valence-electron chi connectivity index (χ4n) is 1.75. The first-order valence-electron chi connectivity index (χ1n) is 4.78. The molecule has 70 valence electrons. The van der Waals surface area contributed by atoms with E-state index in [1.807, 2.05) is 6.07 Å². The van der Waals surface area contributed by atoms with Gasteiger partial charge in [0.05, 0.1) is 12.7 Å². The molecule has 1 aromatic carbocycles. The van der Waals surface area contributed by atoms with E-state index in [1.165, 1.54) is 5.56 Å². The molecule has 1 aromatic rings. The summed E-state index contributed by atoms with van der Waals surface area (Å²) in [5, 5.41) is 3.41. The monoisotopic (exact) mass is 177 g/mol. The molecule has 1 aliphatic heterocycles. The maximum atomic E-state index is 5.71. The zero-order valence-corrected chi connectivity index (χ0v) is 7.86. The predicted molar refractivity (Wildman–Crippen MR) is 52.6 cm³/mol. The standard InChI is InChI=1S/C11H15NO/c1-9-11(13-8-7-12-9)10-5-3-2-4-6-10/h2-6,9,11-12H,7-8H2,1H3/t9-,11+/m1/s1. The Balaban J connectivity index is 2.15. The highest BCUT2D eigenvalue weighted by Gasteiger charge is 2.22. The van der Waals surface area contributed by atoms with Crippen LogP contribution in [0.2, 0.25) is 0 Å². The van der Waals surface area contributed by atoms with Crippen molar-refractivity contribution >= 4 is 0 Å². The summed E-state index contributed by atoms with van der Waals surface area (Å²) in [6.07, 6.45) is 0.218. The maximum absolute atomic E-state index is 5.71. The lowest BCUT2D eigenvalue weighted by atomic mass is 10.0. The summed E-state index contributed by atoms with van der Waals surface area (Å²) in [6, 6.07) is 10.8. The minimum Gasteiger partial charge on any atom is -0.371 e. The quantitative estimate of drug-likeness (QED) is 0.705. The Hall–Kier alpha value is -0.860. The number of hydrogen-bond donors (Lipinski definition) is 1. The van der Waals surface area contributed by atoms with Gasteiger partial charge >= 0.3 is 0 Å². The molecule has 0 saturated carbocycles. The molecule has 0 radical (unpaired) electrons. The predicted octanol–water partition coefficient (Wildman–Crippen LogP) is 1.74. The largest absolute Gasteiger partial charge is 0.371 e. The van der Waals surface area contributed by atoms with Crippen molar-refractivity contribution < 1.29 is 4.74 Å². The van der Waals surface area contributed by atoms with Gasteiger partial charge in [0.2, 0.25) is 0 Å². The molecular weight excluding hydrogens is 162 g/mol. The van der Waals surface area contributed by atoms with Crippen LogP contribution < -0.4 is 5.32 Å². The second-order valence-electron chi connectivity index (χ2n) is 3.44. The smallest absolute Gasteiger partial charge is 0.0975 e. The molecule has 1 fully saturated rings. The molecule has 0 aromatic heterocycles. The molecule has 1 aliphatic rings. The van der Waals surface area contributed by atoms with E-state index in [4.69, 9.17) is 4.74 Å². The Morgan fingerprint density at radius 3 is 2.77 bits per heavy atom. The maximum Gasteiger partial charge on any atom is 0.0975 e. The summed E-state index contributed by atoms with van der Waals surface area (Å²) in [6.45, 7) is 3.94. The van der Waals surface area contributed by atoms with Gasteiger partial charge in [0.1, 0.15) is 0 Å². The van der Waals surface area contributed by atoms with E-state index in [1.54, 1.807) is 0 Å². The van der Waals surface area contributed by atoms with Crippen LogP contribution >= 0.6 is 0 Å². The molecule has 2 atom stereocenters. The second-order valence-corrected chi connectivity index (χ2v) is 3.44. The van der Waals surface area contributed by atoms with Crippen LogP contribution in [0, 0.1) is 0 Å². The lowest BCUT2D eigenvalue weighted by molar-refractivity contribution is -0.000221. The van der Waals surface area contributed by atoms with Gasteiger partial charge in [-0.1, -0.05) is 30.3 Å². The van der Waals surface area contributed by atoms with Crippen molar-refractivity contribution in [3.8, 4) is 0 Å². The molecule has 1 N–H and O–H groups in total. The van der Waals surface area contributed by atoms with Crippen LogP contribution in [0.4, 0.5) is 0 Å². The molecule has 2 nitrogen and oxygen atoms in total. The fraction of sp³-hybridized carbons (Fsp3) is 0.455. The van der Waals surface area contributed by atoms with E-state index < -0.39 is 0 Å². The van der Waals surface area contributed by atoms with Crippen LogP contribution in [-0.4, -0.2) is 19.2 Å². The molecule has 2 heteroatoms. The molecule has 1 saturated heterocycles. The van der Waals surface area contributed by atoms with Gasteiger partial charge in [-0.25, -0.2) is 0 Å². The van der Waals surface area contributed by atoms with E-state index in [9.17, 15) is 0 Å². The molecule has 0 bridgehead atoms. The van der Waals surface area contributed by atoms with E-state index >= 15 is 0 Å². The fourth-order valence-corrected chi connectivity index (χ4v) is 1.75. The number of rotatable bonds is 1. The molecule has 0 aliphatic carbocycles. The summed E-state index contributed by atoms with van der Waals surface area (Å²) in [5.41, 5.74) is 1.27. The van der Waals surface area contributed by atoms with Crippen LogP contribution in [0.25, 0.3) is 0 Å². The molecule has 0 amide bonds. The third kappa shape index (κ3) is 1.90. The van der Waals surface area contributed by atoms with E-state index in [0.29, 0.717) is 6.04 Å². The van der Waals surface area contributed by atoms with Crippen molar-refractivity contribution in [2.75, 3.05) is 13.2 Å². The topological polar surface area (TPSA) is 21.3 Å². The van der Waals surface area contributed by atoms with Crippen molar-refractivity contribution in [2.24, 2.45) is 0 Å². The minimum atomic E-state index is 0.218. The van der Waals surface area contributed by atoms with Gasteiger partial charge in [-0.2, -0.15) is 0 Å². The highest BCUT2D eigenvalue weighted by atomic mass is 16.5. The van der Waals surface area contributed by atoms with Crippen molar-refractivity contribution in [1.29, 1.82) is 0 Å².